The SMILES string of the molecule is COc1cccc(-c2nc(C3CCCO3)no2)c1O. The van der Waals surface area contributed by atoms with Gasteiger partial charge in [0.1, 0.15) is 6.10 Å². The van der Waals surface area contributed by atoms with E-state index in [0.717, 1.165) is 19.4 Å². The van der Waals surface area contributed by atoms with Crippen molar-refractivity contribution in [2.45, 2.75) is 18.9 Å². The van der Waals surface area contributed by atoms with Crippen molar-refractivity contribution < 1.29 is 19.1 Å². The second-order valence-corrected chi connectivity index (χ2v) is 4.32. The van der Waals surface area contributed by atoms with Crippen LogP contribution in [0.25, 0.3) is 11.5 Å². The first kappa shape index (κ1) is 12.0. The topological polar surface area (TPSA) is 77.6 Å². The van der Waals surface area contributed by atoms with Crippen molar-refractivity contribution in [3.05, 3.63) is 24.0 Å². The Labute approximate surface area is 110 Å². The number of phenols is 1. The Balaban J connectivity index is 1.94. The van der Waals surface area contributed by atoms with E-state index in [9.17, 15) is 5.11 Å². The Morgan fingerprint density at radius 1 is 1.42 bits per heavy atom. The summed E-state index contributed by atoms with van der Waals surface area (Å²) in [6.07, 6.45) is 1.78. The van der Waals surface area contributed by atoms with Crippen LogP contribution in [0.1, 0.15) is 24.8 Å². The van der Waals surface area contributed by atoms with Crippen LogP contribution >= 0.6 is 0 Å². The summed E-state index contributed by atoms with van der Waals surface area (Å²) in [5, 5.41) is 13.9. The summed E-state index contributed by atoms with van der Waals surface area (Å²) in [4.78, 5) is 4.28. The van der Waals surface area contributed by atoms with Gasteiger partial charge in [-0.25, -0.2) is 0 Å². The van der Waals surface area contributed by atoms with E-state index in [1.165, 1.54) is 7.11 Å². The van der Waals surface area contributed by atoms with Crippen molar-refractivity contribution in [1.82, 2.24) is 10.1 Å². The highest BCUT2D eigenvalue weighted by Crippen LogP contribution is 2.36. The van der Waals surface area contributed by atoms with Crippen LogP contribution in [0, 0.1) is 0 Å². The molecule has 1 N–H and O–H groups in total. The maximum Gasteiger partial charge on any atom is 0.261 e. The molecule has 19 heavy (non-hydrogen) atoms. The van der Waals surface area contributed by atoms with Crippen LogP contribution in [0.15, 0.2) is 22.7 Å². The Bertz CT molecular complexity index is 576. The van der Waals surface area contributed by atoms with Crippen molar-refractivity contribution in [3.8, 4) is 23.0 Å². The van der Waals surface area contributed by atoms with Crippen molar-refractivity contribution in [2.75, 3.05) is 13.7 Å². The molecule has 1 aromatic heterocycles. The number of hydrogen-bond acceptors (Lipinski definition) is 6. The van der Waals surface area contributed by atoms with Gasteiger partial charge in [0, 0.05) is 6.61 Å². The number of methoxy groups -OCH3 is 1. The van der Waals surface area contributed by atoms with Gasteiger partial charge in [0.25, 0.3) is 5.89 Å². The molecule has 0 amide bonds. The normalized spacial score (nSPS) is 18.7. The number of para-hydroxylation sites is 1. The molecule has 6 heteroatoms. The van der Waals surface area contributed by atoms with Gasteiger partial charge in [-0.2, -0.15) is 4.98 Å². The van der Waals surface area contributed by atoms with Gasteiger partial charge < -0.3 is 19.1 Å². The Kier molecular flexibility index (Phi) is 3.08. The first-order valence-corrected chi connectivity index (χ1v) is 6.11. The number of aromatic nitrogens is 2. The van der Waals surface area contributed by atoms with Crippen LogP contribution in [0.5, 0.6) is 11.5 Å². The van der Waals surface area contributed by atoms with Gasteiger partial charge in [-0.05, 0) is 25.0 Å². The summed E-state index contributed by atoms with van der Waals surface area (Å²) in [5.74, 6) is 1.15. The molecule has 1 saturated heterocycles. The van der Waals surface area contributed by atoms with Crippen LogP contribution in [-0.4, -0.2) is 29.0 Å². The van der Waals surface area contributed by atoms with Crippen molar-refractivity contribution in [3.63, 3.8) is 0 Å². The van der Waals surface area contributed by atoms with E-state index in [1.54, 1.807) is 18.2 Å². The minimum absolute atomic E-state index is 0.00691. The number of ether oxygens (including phenoxy) is 2. The van der Waals surface area contributed by atoms with Gasteiger partial charge in [-0.3, -0.25) is 0 Å². The molecule has 2 heterocycles. The quantitative estimate of drug-likeness (QED) is 0.914. The molecule has 0 saturated carbocycles. The van der Waals surface area contributed by atoms with Crippen LogP contribution < -0.4 is 4.74 Å². The summed E-state index contributed by atoms with van der Waals surface area (Å²) < 4.78 is 15.7. The second kappa shape index (κ2) is 4.89. The molecule has 1 aliphatic rings. The highest BCUT2D eigenvalue weighted by atomic mass is 16.5. The van der Waals surface area contributed by atoms with Crippen LogP contribution in [0.2, 0.25) is 0 Å². The molecule has 1 aromatic carbocycles. The van der Waals surface area contributed by atoms with Gasteiger partial charge in [0.05, 0.1) is 12.7 Å². The minimum atomic E-state index is -0.106. The number of hydrogen-bond donors (Lipinski definition) is 1. The van der Waals surface area contributed by atoms with Gasteiger partial charge >= 0.3 is 0 Å². The van der Waals surface area contributed by atoms with Gasteiger partial charge in [0.15, 0.2) is 11.5 Å². The monoisotopic (exact) mass is 262 g/mol. The van der Waals surface area contributed by atoms with Crippen molar-refractivity contribution in [2.24, 2.45) is 0 Å². The fourth-order valence-corrected chi connectivity index (χ4v) is 2.12. The largest absolute Gasteiger partial charge is 0.504 e. The Morgan fingerprint density at radius 3 is 3.05 bits per heavy atom. The minimum Gasteiger partial charge on any atom is -0.504 e. The van der Waals surface area contributed by atoms with Crippen molar-refractivity contribution >= 4 is 0 Å². The molecule has 6 nitrogen and oxygen atoms in total. The first-order chi connectivity index (χ1) is 9.29. The standard InChI is InChI=1S/C13H14N2O4/c1-17-9-5-2-4-8(11(9)16)13-14-12(15-19-13)10-6-3-7-18-10/h2,4-5,10,16H,3,6-7H2,1H3. The average Bonchev–Trinajstić information content (AvgIpc) is 3.09. The highest BCUT2D eigenvalue weighted by Gasteiger charge is 2.24. The van der Waals surface area contributed by atoms with Crippen LogP contribution in [0.4, 0.5) is 0 Å². The summed E-state index contributed by atoms with van der Waals surface area (Å²) in [6, 6.07) is 5.12. The van der Waals surface area contributed by atoms with E-state index in [0.29, 0.717) is 17.1 Å². The molecule has 1 unspecified atom stereocenters. The van der Waals surface area contributed by atoms with Gasteiger partial charge in [-0.1, -0.05) is 11.2 Å². The predicted molar refractivity (Wildman–Crippen MR) is 65.9 cm³/mol. The number of aromatic hydroxyl groups is 1. The zero-order valence-corrected chi connectivity index (χ0v) is 10.5. The molecule has 0 bridgehead atoms. The summed E-state index contributed by atoms with van der Waals surface area (Å²) in [6.45, 7) is 0.721. The van der Waals surface area contributed by atoms with E-state index >= 15 is 0 Å². The molecule has 3 rings (SSSR count). The molecule has 100 valence electrons. The zero-order chi connectivity index (χ0) is 13.2. The lowest BCUT2D eigenvalue weighted by atomic mass is 10.2. The summed E-state index contributed by atoms with van der Waals surface area (Å²) >= 11 is 0. The molecule has 2 aromatic rings. The number of phenolic OH excluding ortho intramolecular Hbond substituents is 1. The average molecular weight is 262 g/mol. The first-order valence-electron chi connectivity index (χ1n) is 6.11. The lowest BCUT2D eigenvalue weighted by Gasteiger charge is -2.05. The lowest BCUT2D eigenvalue weighted by molar-refractivity contribution is 0.103. The highest BCUT2D eigenvalue weighted by molar-refractivity contribution is 5.66. The number of benzene rings is 1. The third-order valence-corrected chi connectivity index (χ3v) is 3.11. The molecule has 0 radical (unpaired) electrons. The van der Waals surface area contributed by atoms with Crippen LogP contribution in [0.3, 0.4) is 0 Å². The third-order valence-electron chi connectivity index (χ3n) is 3.11. The molecule has 1 aliphatic heterocycles. The fraction of sp³-hybridized carbons (Fsp3) is 0.385. The summed E-state index contributed by atoms with van der Waals surface area (Å²) in [7, 11) is 1.49. The molecular formula is C13H14N2O4. The van der Waals surface area contributed by atoms with E-state index in [-0.39, 0.29) is 17.7 Å². The molecule has 0 spiro atoms. The van der Waals surface area contributed by atoms with Crippen LogP contribution in [-0.2, 0) is 4.74 Å². The molecule has 0 aliphatic carbocycles. The molecule has 1 fully saturated rings. The smallest absolute Gasteiger partial charge is 0.261 e. The summed E-state index contributed by atoms with van der Waals surface area (Å²) in [5.41, 5.74) is 0.455. The Morgan fingerprint density at radius 2 is 2.32 bits per heavy atom. The van der Waals surface area contributed by atoms with E-state index in [1.807, 2.05) is 0 Å². The van der Waals surface area contributed by atoms with E-state index in [4.69, 9.17) is 14.0 Å². The third kappa shape index (κ3) is 2.15. The maximum absolute atomic E-state index is 10.0. The fourth-order valence-electron chi connectivity index (χ4n) is 2.12. The molecule has 1 atom stereocenters. The van der Waals surface area contributed by atoms with E-state index < -0.39 is 0 Å². The molecular weight excluding hydrogens is 248 g/mol. The Hall–Kier alpha value is -2.08. The van der Waals surface area contributed by atoms with Crippen molar-refractivity contribution in [1.29, 1.82) is 0 Å². The van der Waals surface area contributed by atoms with Gasteiger partial charge in [-0.15, -0.1) is 0 Å². The second-order valence-electron chi connectivity index (χ2n) is 4.32. The van der Waals surface area contributed by atoms with E-state index in [2.05, 4.69) is 10.1 Å². The number of nitrogens with zero attached hydrogens (tertiary/aromatic N) is 2. The zero-order valence-electron chi connectivity index (χ0n) is 10.5. The van der Waals surface area contributed by atoms with Gasteiger partial charge in [0.2, 0.25) is 5.82 Å². The lowest BCUT2D eigenvalue weighted by Crippen LogP contribution is -1.97. The number of rotatable bonds is 3. The maximum atomic E-state index is 10.0. The predicted octanol–water partition coefficient (Wildman–Crippen LogP) is 2.30.